The molecule has 0 aromatic heterocycles. The molecule has 0 aliphatic rings. The van der Waals surface area contributed by atoms with Crippen molar-refractivity contribution >= 4 is 5.91 Å². The number of benzene rings is 1. The Bertz CT molecular complexity index is 370. The third-order valence-electron chi connectivity index (χ3n) is 2.86. The van der Waals surface area contributed by atoms with Crippen LogP contribution in [-0.2, 0) is 16.0 Å². The van der Waals surface area contributed by atoms with Crippen molar-refractivity contribution in [1.82, 2.24) is 5.32 Å². The van der Waals surface area contributed by atoms with Crippen LogP contribution >= 0.6 is 0 Å². The predicted octanol–water partition coefficient (Wildman–Crippen LogP) is 0.0700. The van der Waals surface area contributed by atoms with Gasteiger partial charge >= 0.3 is 0 Å². The van der Waals surface area contributed by atoms with Crippen molar-refractivity contribution in [3.63, 3.8) is 0 Å². The number of hydrogen-bond donors (Lipinski definition) is 3. The van der Waals surface area contributed by atoms with Gasteiger partial charge in [0.15, 0.2) is 0 Å². The van der Waals surface area contributed by atoms with Crippen LogP contribution in [0.25, 0.3) is 0 Å². The first-order valence-electron chi connectivity index (χ1n) is 6.37. The Kier molecular flexibility index (Phi) is 7.10. The van der Waals surface area contributed by atoms with Crippen molar-refractivity contribution in [2.45, 2.75) is 24.9 Å². The fraction of sp³-hybridized carbons (Fsp3) is 0.500. The zero-order valence-electron chi connectivity index (χ0n) is 11.2. The normalized spacial score (nSPS) is 13.8. The number of carbonyl (C=O) groups excluding carboxylic acids is 1. The maximum Gasteiger partial charge on any atom is 0.237 e. The molecule has 0 radical (unpaired) electrons. The number of amides is 1. The summed E-state index contributed by atoms with van der Waals surface area (Å²) in [4.78, 5) is 11.8. The molecule has 0 saturated heterocycles. The van der Waals surface area contributed by atoms with Gasteiger partial charge in [-0.2, -0.15) is 0 Å². The molecule has 0 bridgehead atoms. The SMILES string of the molecule is COCC(CO)NC(=O)[C@@H](N)CCc1ccccc1. The summed E-state index contributed by atoms with van der Waals surface area (Å²) in [5.41, 5.74) is 6.98. The lowest BCUT2D eigenvalue weighted by Crippen LogP contribution is -2.48. The van der Waals surface area contributed by atoms with Gasteiger partial charge in [0.05, 0.1) is 25.3 Å². The van der Waals surface area contributed by atoms with Gasteiger partial charge < -0.3 is 20.9 Å². The molecule has 1 rings (SSSR count). The minimum atomic E-state index is -0.578. The second kappa shape index (κ2) is 8.63. The topological polar surface area (TPSA) is 84.6 Å². The van der Waals surface area contributed by atoms with E-state index < -0.39 is 12.1 Å². The molecule has 0 fully saturated rings. The van der Waals surface area contributed by atoms with E-state index in [4.69, 9.17) is 15.6 Å². The molecule has 4 N–H and O–H groups in total. The van der Waals surface area contributed by atoms with Crippen molar-refractivity contribution in [2.24, 2.45) is 5.73 Å². The van der Waals surface area contributed by atoms with Gasteiger partial charge in [-0.25, -0.2) is 0 Å². The highest BCUT2D eigenvalue weighted by Gasteiger charge is 2.17. The summed E-state index contributed by atoms with van der Waals surface area (Å²) in [6.45, 7) is 0.110. The van der Waals surface area contributed by atoms with Crippen LogP contribution in [-0.4, -0.2) is 43.4 Å². The lowest BCUT2D eigenvalue weighted by Gasteiger charge is -2.18. The highest BCUT2D eigenvalue weighted by Crippen LogP contribution is 2.04. The fourth-order valence-electron chi connectivity index (χ4n) is 1.75. The van der Waals surface area contributed by atoms with Gasteiger partial charge in [-0.15, -0.1) is 0 Å². The lowest BCUT2D eigenvalue weighted by molar-refractivity contribution is -0.123. The van der Waals surface area contributed by atoms with Gasteiger partial charge in [-0.05, 0) is 18.4 Å². The zero-order chi connectivity index (χ0) is 14.1. The van der Waals surface area contributed by atoms with E-state index >= 15 is 0 Å². The third-order valence-corrected chi connectivity index (χ3v) is 2.86. The van der Waals surface area contributed by atoms with Gasteiger partial charge in [0.1, 0.15) is 0 Å². The molecule has 106 valence electrons. The van der Waals surface area contributed by atoms with Crippen molar-refractivity contribution in [3.8, 4) is 0 Å². The van der Waals surface area contributed by atoms with Crippen LogP contribution in [0.15, 0.2) is 30.3 Å². The number of aliphatic hydroxyl groups is 1. The number of ether oxygens (including phenoxy) is 1. The summed E-state index contributed by atoms with van der Waals surface area (Å²) < 4.78 is 4.89. The molecule has 5 nitrogen and oxygen atoms in total. The molecule has 0 aliphatic heterocycles. The largest absolute Gasteiger partial charge is 0.394 e. The van der Waals surface area contributed by atoms with E-state index in [2.05, 4.69) is 5.32 Å². The Labute approximate surface area is 113 Å². The van der Waals surface area contributed by atoms with Gasteiger partial charge in [0, 0.05) is 7.11 Å². The van der Waals surface area contributed by atoms with Gasteiger partial charge in [-0.3, -0.25) is 4.79 Å². The van der Waals surface area contributed by atoms with Crippen molar-refractivity contribution in [2.75, 3.05) is 20.3 Å². The molecule has 1 aromatic rings. The first-order chi connectivity index (χ1) is 9.17. The average molecular weight is 266 g/mol. The highest BCUT2D eigenvalue weighted by atomic mass is 16.5. The first kappa shape index (κ1) is 15.6. The molecule has 1 amide bonds. The number of aryl methyl sites for hydroxylation is 1. The Balaban J connectivity index is 2.36. The van der Waals surface area contributed by atoms with Crippen LogP contribution in [0, 0.1) is 0 Å². The fourth-order valence-corrected chi connectivity index (χ4v) is 1.75. The molecular weight excluding hydrogens is 244 g/mol. The average Bonchev–Trinajstić information content (AvgIpc) is 2.45. The standard InChI is InChI=1S/C14H22N2O3/c1-19-10-12(9-17)16-14(18)13(15)8-7-11-5-3-2-4-6-11/h2-6,12-13,17H,7-10,15H2,1H3,(H,16,18)/t12?,13-/m0/s1. The van der Waals surface area contributed by atoms with E-state index in [0.29, 0.717) is 6.42 Å². The molecule has 0 heterocycles. The minimum absolute atomic E-state index is 0.162. The van der Waals surface area contributed by atoms with Crippen LogP contribution in [0.2, 0.25) is 0 Å². The molecule has 5 heteroatoms. The Morgan fingerprint density at radius 3 is 2.68 bits per heavy atom. The number of aliphatic hydroxyl groups excluding tert-OH is 1. The molecule has 1 aromatic carbocycles. The predicted molar refractivity (Wildman–Crippen MR) is 73.6 cm³/mol. The van der Waals surface area contributed by atoms with Crippen molar-refractivity contribution in [1.29, 1.82) is 0 Å². The molecular formula is C14H22N2O3. The van der Waals surface area contributed by atoms with E-state index in [0.717, 1.165) is 12.0 Å². The van der Waals surface area contributed by atoms with Crippen LogP contribution in [0.3, 0.4) is 0 Å². The summed E-state index contributed by atoms with van der Waals surface area (Å²) in [5, 5.41) is 11.7. The minimum Gasteiger partial charge on any atom is -0.394 e. The van der Waals surface area contributed by atoms with E-state index in [1.807, 2.05) is 30.3 Å². The molecule has 0 spiro atoms. The number of nitrogens with two attached hydrogens (primary N) is 1. The Morgan fingerprint density at radius 2 is 2.11 bits per heavy atom. The molecule has 1 unspecified atom stereocenters. The summed E-state index contributed by atoms with van der Waals surface area (Å²) >= 11 is 0. The monoisotopic (exact) mass is 266 g/mol. The van der Waals surface area contributed by atoms with Gasteiger partial charge in [-0.1, -0.05) is 30.3 Å². The molecule has 0 aliphatic carbocycles. The van der Waals surface area contributed by atoms with E-state index in [-0.39, 0.29) is 19.1 Å². The Morgan fingerprint density at radius 1 is 1.42 bits per heavy atom. The number of hydrogen-bond acceptors (Lipinski definition) is 4. The number of rotatable bonds is 8. The number of methoxy groups -OCH3 is 1. The van der Waals surface area contributed by atoms with E-state index in [1.54, 1.807) is 0 Å². The van der Waals surface area contributed by atoms with E-state index in [9.17, 15) is 4.79 Å². The first-order valence-corrected chi connectivity index (χ1v) is 6.37. The van der Waals surface area contributed by atoms with E-state index in [1.165, 1.54) is 7.11 Å². The lowest BCUT2D eigenvalue weighted by atomic mass is 10.1. The van der Waals surface area contributed by atoms with Crippen molar-refractivity contribution < 1.29 is 14.6 Å². The molecule has 2 atom stereocenters. The second-order valence-electron chi connectivity index (χ2n) is 4.47. The molecule has 0 saturated carbocycles. The van der Waals surface area contributed by atoms with Crippen LogP contribution in [0.4, 0.5) is 0 Å². The Hall–Kier alpha value is -1.43. The summed E-state index contributed by atoms with van der Waals surface area (Å²) in [7, 11) is 1.52. The molecule has 19 heavy (non-hydrogen) atoms. The highest BCUT2D eigenvalue weighted by molar-refractivity contribution is 5.81. The summed E-state index contributed by atoms with van der Waals surface area (Å²) in [6, 6.07) is 8.90. The summed E-state index contributed by atoms with van der Waals surface area (Å²) in [5.74, 6) is -0.257. The van der Waals surface area contributed by atoms with Gasteiger partial charge in [0.25, 0.3) is 0 Å². The van der Waals surface area contributed by atoms with Crippen LogP contribution in [0.5, 0.6) is 0 Å². The second-order valence-corrected chi connectivity index (χ2v) is 4.47. The summed E-state index contributed by atoms with van der Waals surface area (Å²) in [6.07, 6.45) is 1.32. The van der Waals surface area contributed by atoms with Gasteiger partial charge in [0.2, 0.25) is 5.91 Å². The number of carbonyl (C=O) groups is 1. The smallest absolute Gasteiger partial charge is 0.237 e. The number of nitrogens with one attached hydrogen (secondary N) is 1. The zero-order valence-corrected chi connectivity index (χ0v) is 11.2. The quantitative estimate of drug-likeness (QED) is 0.621. The maximum absolute atomic E-state index is 11.8. The maximum atomic E-state index is 11.8. The van der Waals surface area contributed by atoms with Crippen LogP contribution in [0.1, 0.15) is 12.0 Å². The third kappa shape index (κ3) is 5.83. The van der Waals surface area contributed by atoms with Crippen molar-refractivity contribution in [3.05, 3.63) is 35.9 Å². The van der Waals surface area contributed by atoms with Crippen LogP contribution < -0.4 is 11.1 Å².